The van der Waals surface area contributed by atoms with Gasteiger partial charge in [0, 0.05) is 18.3 Å². The molecule has 3 heterocycles. The highest BCUT2D eigenvalue weighted by Crippen LogP contribution is 2.27. The maximum absolute atomic E-state index is 13.3. The van der Waals surface area contributed by atoms with Crippen LogP contribution in [-0.2, 0) is 28.1 Å². The molecule has 2 unspecified atom stereocenters. The molecule has 0 saturated carbocycles. The van der Waals surface area contributed by atoms with E-state index in [1.807, 2.05) is 29.1 Å². The van der Waals surface area contributed by atoms with Crippen LogP contribution in [0.15, 0.2) is 46.9 Å². The summed E-state index contributed by atoms with van der Waals surface area (Å²) in [6.45, 7) is 0. The summed E-state index contributed by atoms with van der Waals surface area (Å²) in [5.74, 6) is 0.851. The molecular weight excluding hydrogens is 471 g/mol. The number of benzene rings is 1. The van der Waals surface area contributed by atoms with E-state index in [1.54, 1.807) is 12.1 Å². The molecule has 2 aromatic heterocycles. The molecule has 11 heteroatoms. The Morgan fingerprint density at radius 1 is 1.31 bits per heavy atom. The molecule has 32 heavy (non-hydrogen) atoms. The molecule has 170 valence electrons. The van der Waals surface area contributed by atoms with E-state index in [-0.39, 0.29) is 40.9 Å². The second kappa shape index (κ2) is 9.72. The zero-order valence-electron chi connectivity index (χ0n) is 17.4. The van der Waals surface area contributed by atoms with Crippen molar-refractivity contribution in [3.05, 3.63) is 63.9 Å². The fraction of sp³-hybridized carbons (Fsp3) is 0.381. The van der Waals surface area contributed by atoms with Crippen LogP contribution in [0.4, 0.5) is 4.39 Å². The van der Waals surface area contributed by atoms with Crippen molar-refractivity contribution in [2.24, 2.45) is 13.0 Å². The SMILES string of the molecule is Cn1c(CC2CCS(=O)(=O)C2)nnc1SCC(=O)NC(c1ccc(F)cc1)c1cccs1. The van der Waals surface area contributed by atoms with Gasteiger partial charge in [0.25, 0.3) is 0 Å². The van der Waals surface area contributed by atoms with Crippen molar-refractivity contribution in [2.45, 2.75) is 24.0 Å². The Balaban J connectivity index is 1.38. The molecule has 1 aliphatic heterocycles. The number of thioether (sulfide) groups is 1. The number of halogens is 1. The van der Waals surface area contributed by atoms with Gasteiger partial charge in [-0.15, -0.1) is 21.5 Å². The second-order valence-corrected chi connectivity index (χ2v) is 11.9. The van der Waals surface area contributed by atoms with E-state index in [2.05, 4.69) is 15.5 Å². The Kier molecular flexibility index (Phi) is 6.96. The van der Waals surface area contributed by atoms with Crippen molar-refractivity contribution in [1.29, 1.82) is 0 Å². The molecule has 0 bridgehead atoms. The van der Waals surface area contributed by atoms with Gasteiger partial charge in [-0.1, -0.05) is 30.0 Å². The molecule has 0 radical (unpaired) electrons. The molecule has 0 spiro atoms. The molecule has 2 atom stereocenters. The lowest BCUT2D eigenvalue weighted by Gasteiger charge is -2.18. The summed E-state index contributed by atoms with van der Waals surface area (Å²) in [6, 6.07) is 9.60. The quantitative estimate of drug-likeness (QED) is 0.484. The van der Waals surface area contributed by atoms with Crippen LogP contribution < -0.4 is 5.32 Å². The molecule has 1 fully saturated rings. The topological polar surface area (TPSA) is 93.9 Å². The largest absolute Gasteiger partial charge is 0.344 e. The molecule has 1 N–H and O–H groups in total. The van der Waals surface area contributed by atoms with Crippen LogP contribution in [0.2, 0.25) is 0 Å². The molecular formula is C21H23FN4O3S3. The summed E-state index contributed by atoms with van der Waals surface area (Å²) in [4.78, 5) is 13.7. The maximum Gasteiger partial charge on any atom is 0.231 e. The number of hydrogen-bond acceptors (Lipinski definition) is 7. The van der Waals surface area contributed by atoms with Gasteiger partial charge in [0.1, 0.15) is 11.6 Å². The van der Waals surface area contributed by atoms with E-state index in [0.29, 0.717) is 18.0 Å². The van der Waals surface area contributed by atoms with Gasteiger partial charge in [-0.2, -0.15) is 0 Å². The lowest BCUT2D eigenvalue weighted by molar-refractivity contribution is -0.119. The van der Waals surface area contributed by atoms with E-state index in [9.17, 15) is 17.6 Å². The number of carbonyl (C=O) groups excluding carboxylic acids is 1. The average Bonchev–Trinajstić information content (AvgIpc) is 3.48. The highest BCUT2D eigenvalue weighted by atomic mass is 32.2. The molecule has 1 amide bonds. The molecule has 1 saturated heterocycles. The lowest BCUT2D eigenvalue weighted by atomic mass is 10.1. The van der Waals surface area contributed by atoms with Gasteiger partial charge in [0.2, 0.25) is 5.91 Å². The Hall–Kier alpha value is -2.24. The normalized spacial score (nSPS) is 18.5. The molecule has 0 aliphatic carbocycles. The molecule has 1 aliphatic rings. The summed E-state index contributed by atoms with van der Waals surface area (Å²) in [6.07, 6.45) is 1.20. The summed E-state index contributed by atoms with van der Waals surface area (Å²) >= 11 is 2.80. The fourth-order valence-corrected chi connectivity index (χ4v) is 7.11. The summed E-state index contributed by atoms with van der Waals surface area (Å²) in [7, 11) is -1.11. The standard InChI is InChI=1S/C21H23FN4O3S3/c1-26-18(11-14-8-10-32(28,29)13-14)24-25-21(26)31-12-19(27)23-20(17-3-2-9-30-17)15-4-6-16(22)7-5-15/h2-7,9,14,20H,8,10-13H2,1H3,(H,23,27). The number of nitrogens with zero attached hydrogens (tertiary/aromatic N) is 3. The van der Waals surface area contributed by atoms with Crippen LogP contribution in [0, 0.1) is 11.7 Å². The smallest absolute Gasteiger partial charge is 0.231 e. The number of amides is 1. The van der Waals surface area contributed by atoms with Crippen molar-refractivity contribution in [3.8, 4) is 0 Å². The third-order valence-electron chi connectivity index (χ3n) is 5.39. The van der Waals surface area contributed by atoms with Crippen LogP contribution >= 0.6 is 23.1 Å². The predicted octanol–water partition coefficient (Wildman–Crippen LogP) is 2.99. The zero-order valence-corrected chi connectivity index (χ0v) is 19.9. The van der Waals surface area contributed by atoms with E-state index < -0.39 is 9.84 Å². The average molecular weight is 495 g/mol. The monoisotopic (exact) mass is 494 g/mol. The molecule has 1 aromatic carbocycles. The van der Waals surface area contributed by atoms with Crippen LogP contribution in [-0.4, -0.2) is 46.3 Å². The van der Waals surface area contributed by atoms with E-state index >= 15 is 0 Å². The van der Waals surface area contributed by atoms with Gasteiger partial charge in [-0.05, 0) is 41.5 Å². The number of hydrogen-bond donors (Lipinski definition) is 1. The Morgan fingerprint density at radius 3 is 2.75 bits per heavy atom. The van der Waals surface area contributed by atoms with E-state index in [1.165, 1.54) is 35.2 Å². The highest BCUT2D eigenvalue weighted by Gasteiger charge is 2.29. The molecule has 3 aromatic rings. The van der Waals surface area contributed by atoms with Gasteiger partial charge < -0.3 is 9.88 Å². The Bertz CT molecular complexity index is 1180. The van der Waals surface area contributed by atoms with Crippen molar-refractivity contribution < 1.29 is 17.6 Å². The van der Waals surface area contributed by atoms with Crippen molar-refractivity contribution in [3.63, 3.8) is 0 Å². The first-order chi connectivity index (χ1) is 15.3. The number of aromatic nitrogens is 3. The van der Waals surface area contributed by atoms with Gasteiger partial charge in [0.05, 0.1) is 23.3 Å². The van der Waals surface area contributed by atoms with Crippen molar-refractivity contribution in [1.82, 2.24) is 20.1 Å². The molecule has 4 rings (SSSR count). The van der Waals surface area contributed by atoms with Crippen LogP contribution in [0.5, 0.6) is 0 Å². The summed E-state index contributed by atoms with van der Waals surface area (Å²) in [5.41, 5.74) is 0.805. The first-order valence-corrected chi connectivity index (χ1v) is 13.8. The van der Waals surface area contributed by atoms with Gasteiger partial charge in [0.15, 0.2) is 15.0 Å². The predicted molar refractivity (Wildman–Crippen MR) is 123 cm³/mol. The van der Waals surface area contributed by atoms with Gasteiger partial charge >= 0.3 is 0 Å². The van der Waals surface area contributed by atoms with E-state index in [0.717, 1.165) is 16.3 Å². The third kappa shape index (κ3) is 5.57. The summed E-state index contributed by atoms with van der Waals surface area (Å²) < 4.78 is 38.5. The second-order valence-electron chi connectivity index (χ2n) is 7.79. The lowest BCUT2D eigenvalue weighted by Crippen LogP contribution is -2.30. The minimum atomic E-state index is -2.93. The van der Waals surface area contributed by atoms with Crippen LogP contribution in [0.3, 0.4) is 0 Å². The number of rotatable bonds is 8. The van der Waals surface area contributed by atoms with Crippen LogP contribution in [0.1, 0.15) is 28.7 Å². The Morgan fingerprint density at radius 2 is 2.09 bits per heavy atom. The zero-order chi connectivity index (χ0) is 22.7. The number of nitrogens with one attached hydrogen (secondary N) is 1. The van der Waals surface area contributed by atoms with Crippen molar-refractivity contribution >= 4 is 38.8 Å². The summed E-state index contributed by atoms with van der Waals surface area (Å²) in [5, 5.41) is 13.9. The third-order valence-corrected chi connectivity index (χ3v) is 9.19. The number of carbonyl (C=O) groups is 1. The Labute approximate surface area is 194 Å². The number of thiophene rings is 1. The van der Waals surface area contributed by atoms with Gasteiger partial charge in [-0.25, -0.2) is 12.8 Å². The highest BCUT2D eigenvalue weighted by molar-refractivity contribution is 7.99. The number of sulfone groups is 1. The first-order valence-electron chi connectivity index (χ1n) is 10.1. The van der Waals surface area contributed by atoms with Gasteiger partial charge in [-0.3, -0.25) is 4.79 Å². The maximum atomic E-state index is 13.3. The molecule has 7 nitrogen and oxygen atoms in total. The first kappa shape index (κ1) is 22.9. The minimum absolute atomic E-state index is 0.0614. The fourth-order valence-electron chi connectivity index (χ4n) is 3.70. The van der Waals surface area contributed by atoms with Crippen LogP contribution in [0.25, 0.3) is 0 Å². The van der Waals surface area contributed by atoms with Crippen molar-refractivity contribution in [2.75, 3.05) is 17.3 Å². The minimum Gasteiger partial charge on any atom is -0.344 e. The van der Waals surface area contributed by atoms with E-state index in [4.69, 9.17) is 0 Å².